The van der Waals surface area contributed by atoms with Gasteiger partial charge in [-0.3, -0.25) is 0 Å². The molecule has 2 nitrogen and oxygen atoms in total. The molecule has 0 spiro atoms. The number of anilines is 1. The topological polar surface area (TPSA) is 38.9 Å². The molecule has 0 aliphatic rings. The second kappa shape index (κ2) is 5.15. The number of allylic oxidation sites excluding steroid dienone is 1. The third-order valence-corrected chi connectivity index (χ3v) is 3.47. The molecule has 0 fully saturated rings. The van der Waals surface area contributed by atoms with Gasteiger partial charge in [0.05, 0.1) is 5.69 Å². The third kappa shape index (κ3) is 2.74. The highest BCUT2D eigenvalue weighted by atomic mass is 32.1. The first kappa shape index (κ1) is 11.9. The van der Waals surface area contributed by atoms with Crippen molar-refractivity contribution in [3.8, 4) is 0 Å². The lowest BCUT2D eigenvalue weighted by Gasteiger charge is -2.13. The molecule has 1 aromatic heterocycles. The summed E-state index contributed by atoms with van der Waals surface area (Å²) in [5.74, 6) is 0.265. The molecule has 1 atom stereocenters. The van der Waals surface area contributed by atoms with Crippen molar-refractivity contribution in [2.45, 2.75) is 19.3 Å². The second-order valence-corrected chi connectivity index (χ2v) is 4.99. The Kier molecular flexibility index (Phi) is 3.59. The number of nitrogen functional groups attached to an aromatic ring is 1. The molecule has 0 bridgehead atoms. The lowest BCUT2D eigenvalue weighted by Crippen LogP contribution is -2.01. The SMILES string of the molecule is C=CCC(c1ccc(C)cc1)c1csc(N)n1. The van der Waals surface area contributed by atoms with Crippen molar-refractivity contribution in [2.24, 2.45) is 0 Å². The number of nitrogens with zero attached hydrogens (tertiary/aromatic N) is 1. The van der Waals surface area contributed by atoms with E-state index in [2.05, 4.69) is 42.8 Å². The van der Waals surface area contributed by atoms with Crippen molar-refractivity contribution in [3.63, 3.8) is 0 Å². The smallest absolute Gasteiger partial charge is 0.180 e. The molecule has 17 heavy (non-hydrogen) atoms. The first-order valence-electron chi connectivity index (χ1n) is 5.59. The summed E-state index contributed by atoms with van der Waals surface area (Å²) in [4.78, 5) is 4.38. The standard InChI is InChI=1S/C14H16N2S/c1-3-4-12(13-9-17-14(15)16-13)11-7-5-10(2)6-8-11/h3,5-9,12H,1,4H2,2H3,(H2,15,16). The molecular formula is C14H16N2S. The maximum Gasteiger partial charge on any atom is 0.180 e. The van der Waals surface area contributed by atoms with Crippen LogP contribution in [0.5, 0.6) is 0 Å². The fraction of sp³-hybridized carbons (Fsp3) is 0.214. The van der Waals surface area contributed by atoms with E-state index in [0.717, 1.165) is 12.1 Å². The molecule has 2 rings (SSSR count). The van der Waals surface area contributed by atoms with Crippen LogP contribution in [0, 0.1) is 6.92 Å². The van der Waals surface area contributed by atoms with Crippen molar-refractivity contribution in [1.29, 1.82) is 0 Å². The van der Waals surface area contributed by atoms with Crippen molar-refractivity contribution >= 4 is 16.5 Å². The lowest BCUT2D eigenvalue weighted by molar-refractivity contribution is 0.804. The predicted octanol–water partition coefficient (Wildman–Crippen LogP) is 3.74. The third-order valence-electron chi connectivity index (χ3n) is 2.78. The van der Waals surface area contributed by atoms with Crippen LogP contribution in [0.3, 0.4) is 0 Å². The quantitative estimate of drug-likeness (QED) is 0.832. The van der Waals surface area contributed by atoms with E-state index in [1.54, 1.807) is 0 Å². The van der Waals surface area contributed by atoms with Crippen molar-refractivity contribution in [3.05, 3.63) is 59.1 Å². The molecule has 0 saturated carbocycles. The highest BCUT2D eigenvalue weighted by molar-refractivity contribution is 7.13. The average molecular weight is 244 g/mol. The summed E-state index contributed by atoms with van der Waals surface area (Å²) in [7, 11) is 0. The van der Waals surface area contributed by atoms with Crippen LogP contribution in [0.4, 0.5) is 5.13 Å². The van der Waals surface area contributed by atoms with Gasteiger partial charge < -0.3 is 5.73 Å². The number of aromatic nitrogens is 1. The van der Waals surface area contributed by atoms with E-state index in [4.69, 9.17) is 5.73 Å². The number of aryl methyl sites for hydroxylation is 1. The van der Waals surface area contributed by atoms with Gasteiger partial charge >= 0.3 is 0 Å². The fourth-order valence-corrected chi connectivity index (χ4v) is 2.47. The summed E-state index contributed by atoms with van der Waals surface area (Å²) in [6.45, 7) is 5.91. The molecule has 1 heterocycles. The van der Waals surface area contributed by atoms with Crippen LogP contribution in [0.15, 0.2) is 42.3 Å². The molecule has 0 aliphatic carbocycles. The van der Waals surface area contributed by atoms with E-state index in [9.17, 15) is 0 Å². The highest BCUT2D eigenvalue weighted by Gasteiger charge is 2.15. The molecule has 1 aromatic carbocycles. The number of rotatable bonds is 4. The zero-order chi connectivity index (χ0) is 12.3. The van der Waals surface area contributed by atoms with Crippen LogP contribution < -0.4 is 5.73 Å². The average Bonchev–Trinajstić information content (AvgIpc) is 2.74. The monoisotopic (exact) mass is 244 g/mol. The van der Waals surface area contributed by atoms with Gasteiger partial charge in [-0.1, -0.05) is 35.9 Å². The van der Waals surface area contributed by atoms with E-state index < -0.39 is 0 Å². The molecule has 88 valence electrons. The summed E-state index contributed by atoms with van der Waals surface area (Å²) in [5.41, 5.74) is 9.27. The maximum atomic E-state index is 5.70. The zero-order valence-electron chi connectivity index (χ0n) is 9.89. The van der Waals surface area contributed by atoms with Gasteiger partial charge in [0, 0.05) is 11.3 Å². The largest absolute Gasteiger partial charge is 0.375 e. The Bertz CT molecular complexity index is 499. The Hall–Kier alpha value is -1.61. The minimum Gasteiger partial charge on any atom is -0.375 e. The first-order chi connectivity index (χ1) is 8.20. The predicted molar refractivity (Wildman–Crippen MR) is 74.4 cm³/mol. The second-order valence-electron chi connectivity index (χ2n) is 4.10. The summed E-state index contributed by atoms with van der Waals surface area (Å²) < 4.78 is 0. The van der Waals surface area contributed by atoms with Crippen molar-refractivity contribution in [1.82, 2.24) is 4.98 Å². The number of nitrogens with two attached hydrogens (primary N) is 1. The Morgan fingerprint density at radius 3 is 2.65 bits per heavy atom. The molecule has 0 saturated heterocycles. The van der Waals surface area contributed by atoms with E-state index in [1.165, 1.54) is 22.5 Å². The number of thiazole rings is 1. The van der Waals surface area contributed by atoms with Gasteiger partial charge in [0.25, 0.3) is 0 Å². The van der Waals surface area contributed by atoms with Crippen LogP contribution >= 0.6 is 11.3 Å². The van der Waals surface area contributed by atoms with E-state index in [-0.39, 0.29) is 5.92 Å². The van der Waals surface area contributed by atoms with Crippen LogP contribution in [0.1, 0.15) is 29.2 Å². The minimum absolute atomic E-state index is 0.265. The molecule has 0 amide bonds. The van der Waals surface area contributed by atoms with Gasteiger partial charge in [-0.15, -0.1) is 17.9 Å². The fourth-order valence-electron chi connectivity index (χ4n) is 1.85. The van der Waals surface area contributed by atoms with E-state index in [1.807, 2.05) is 11.5 Å². The number of benzene rings is 1. The molecular weight excluding hydrogens is 228 g/mol. The number of hydrogen-bond acceptors (Lipinski definition) is 3. The van der Waals surface area contributed by atoms with Gasteiger partial charge in [0.2, 0.25) is 0 Å². The van der Waals surface area contributed by atoms with Gasteiger partial charge in [-0.05, 0) is 18.9 Å². The Labute approximate surface area is 106 Å². The van der Waals surface area contributed by atoms with E-state index >= 15 is 0 Å². The van der Waals surface area contributed by atoms with Crippen LogP contribution in [-0.4, -0.2) is 4.98 Å². The summed E-state index contributed by atoms with van der Waals surface area (Å²) in [6, 6.07) is 8.56. The normalized spacial score (nSPS) is 12.3. The zero-order valence-corrected chi connectivity index (χ0v) is 10.7. The molecule has 0 aliphatic heterocycles. The molecule has 0 radical (unpaired) electrons. The van der Waals surface area contributed by atoms with Gasteiger partial charge in [-0.2, -0.15) is 0 Å². The van der Waals surface area contributed by atoms with Crippen LogP contribution in [-0.2, 0) is 0 Å². The van der Waals surface area contributed by atoms with Gasteiger partial charge in [0.1, 0.15) is 0 Å². The van der Waals surface area contributed by atoms with E-state index in [0.29, 0.717) is 5.13 Å². The van der Waals surface area contributed by atoms with Gasteiger partial charge in [0.15, 0.2) is 5.13 Å². The van der Waals surface area contributed by atoms with Crippen LogP contribution in [0.2, 0.25) is 0 Å². The summed E-state index contributed by atoms with van der Waals surface area (Å²) in [5, 5.41) is 2.66. The Morgan fingerprint density at radius 1 is 1.41 bits per heavy atom. The molecule has 2 N–H and O–H groups in total. The Morgan fingerprint density at radius 2 is 2.12 bits per heavy atom. The molecule has 2 aromatic rings. The lowest BCUT2D eigenvalue weighted by atomic mass is 9.92. The number of hydrogen-bond donors (Lipinski definition) is 1. The van der Waals surface area contributed by atoms with Crippen molar-refractivity contribution in [2.75, 3.05) is 5.73 Å². The molecule has 1 unspecified atom stereocenters. The molecule has 3 heteroatoms. The Balaban J connectivity index is 2.34. The summed E-state index contributed by atoms with van der Waals surface area (Å²) in [6.07, 6.45) is 2.81. The van der Waals surface area contributed by atoms with Gasteiger partial charge in [-0.25, -0.2) is 4.98 Å². The van der Waals surface area contributed by atoms with Crippen LogP contribution in [0.25, 0.3) is 0 Å². The maximum absolute atomic E-state index is 5.70. The highest BCUT2D eigenvalue weighted by Crippen LogP contribution is 2.30. The first-order valence-corrected chi connectivity index (χ1v) is 6.47. The van der Waals surface area contributed by atoms with Crippen molar-refractivity contribution < 1.29 is 0 Å². The summed E-state index contributed by atoms with van der Waals surface area (Å²) >= 11 is 1.49. The minimum atomic E-state index is 0.265.